The predicted molar refractivity (Wildman–Crippen MR) is 75.7 cm³/mol. The van der Waals surface area contributed by atoms with Crippen molar-refractivity contribution in [2.45, 2.75) is 11.8 Å². The van der Waals surface area contributed by atoms with Gasteiger partial charge in [0.25, 0.3) is 10.0 Å². The van der Waals surface area contributed by atoms with Crippen LogP contribution < -0.4 is 10.0 Å². The second kappa shape index (κ2) is 5.46. The van der Waals surface area contributed by atoms with Crippen LogP contribution in [0.5, 0.6) is 0 Å². The summed E-state index contributed by atoms with van der Waals surface area (Å²) in [5.41, 5.74) is 0.676. The quantitative estimate of drug-likeness (QED) is 0.908. The third-order valence-corrected chi connectivity index (χ3v) is 4.02. The summed E-state index contributed by atoms with van der Waals surface area (Å²) in [6.45, 7) is 1.75. The Balaban J connectivity index is 2.32. The zero-order valence-electron chi connectivity index (χ0n) is 11.0. The van der Waals surface area contributed by atoms with Gasteiger partial charge in [-0.25, -0.2) is 17.8 Å². The summed E-state index contributed by atoms with van der Waals surface area (Å²) < 4.78 is 40.1. The van der Waals surface area contributed by atoms with Gasteiger partial charge in [-0.3, -0.25) is 4.72 Å². The minimum Gasteiger partial charge on any atom is -0.373 e. The van der Waals surface area contributed by atoms with Gasteiger partial charge in [0.1, 0.15) is 16.5 Å². The van der Waals surface area contributed by atoms with Crippen molar-refractivity contribution in [3.63, 3.8) is 0 Å². The Morgan fingerprint density at radius 2 is 1.95 bits per heavy atom. The number of sulfonamides is 1. The number of aromatic nitrogens is 1. The Bertz CT molecular complexity index is 715. The van der Waals surface area contributed by atoms with E-state index in [0.29, 0.717) is 5.82 Å². The van der Waals surface area contributed by atoms with E-state index < -0.39 is 15.8 Å². The second-order valence-electron chi connectivity index (χ2n) is 4.22. The number of anilines is 2. The van der Waals surface area contributed by atoms with Gasteiger partial charge in [0.2, 0.25) is 0 Å². The monoisotopic (exact) mass is 295 g/mol. The lowest BCUT2D eigenvalue weighted by molar-refractivity contribution is 0.598. The standard InChI is InChI=1S/C13H14FN3O2S/c1-9-3-5-11(14)12(7-9)17-20(18,19)10-4-6-13(15-2)16-8-10/h3-8,17H,1-2H3,(H,15,16). The molecule has 0 fully saturated rings. The summed E-state index contributed by atoms with van der Waals surface area (Å²) in [5.74, 6) is -0.0790. The van der Waals surface area contributed by atoms with Crippen molar-refractivity contribution < 1.29 is 12.8 Å². The average Bonchev–Trinajstić information content (AvgIpc) is 2.43. The normalized spacial score (nSPS) is 11.2. The smallest absolute Gasteiger partial charge is 0.263 e. The average molecular weight is 295 g/mol. The van der Waals surface area contributed by atoms with Crippen molar-refractivity contribution in [2.75, 3.05) is 17.1 Å². The highest BCUT2D eigenvalue weighted by atomic mass is 32.2. The first-order chi connectivity index (χ1) is 9.42. The van der Waals surface area contributed by atoms with Gasteiger partial charge >= 0.3 is 0 Å². The van der Waals surface area contributed by atoms with Gasteiger partial charge in [-0.1, -0.05) is 6.07 Å². The lowest BCUT2D eigenvalue weighted by Crippen LogP contribution is -2.14. The van der Waals surface area contributed by atoms with Crippen LogP contribution in [0.4, 0.5) is 15.9 Å². The zero-order chi connectivity index (χ0) is 14.8. The van der Waals surface area contributed by atoms with Crippen molar-refractivity contribution in [1.82, 2.24) is 4.98 Å². The van der Waals surface area contributed by atoms with E-state index in [0.717, 1.165) is 5.56 Å². The number of hydrogen-bond donors (Lipinski definition) is 2. The van der Waals surface area contributed by atoms with Crippen LogP contribution in [0.1, 0.15) is 5.56 Å². The first kappa shape index (κ1) is 14.3. The molecule has 5 nitrogen and oxygen atoms in total. The first-order valence-electron chi connectivity index (χ1n) is 5.85. The summed E-state index contributed by atoms with van der Waals surface area (Å²) in [4.78, 5) is 3.89. The number of nitrogens with zero attached hydrogens (tertiary/aromatic N) is 1. The Morgan fingerprint density at radius 1 is 1.20 bits per heavy atom. The minimum absolute atomic E-state index is 0.0302. The van der Waals surface area contributed by atoms with Crippen LogP contribution in [-0.4, -0.2) is 20.4 Å². The maximum atomic E-state index is 13.6. The Morgan fingerprint density at radius 3 is 2.55 bits per heavy atom. The fraction of sp³-hybridized carbons (Fsp3) is 0.154. The molecule has 0 bridgehead atoms. The highest BCUT2D eigenvalue weighted by Gasteiger charge is 2.16. The van der Waals surface area contributed by atoms with Crippen molar-refractivity contribution in [3.05, 3.63) is 47.9 Å². The highest BCUT2D eigenvalue weighted by Crippen LogP contribution is 2.20. The number of pyridine rings is 1. The molecule has 0 aliphatic carbocycles. The van der Waals surface area contributed by atoms with Gasteiger partial charge in [0.05, 0.1) is 5.69 Å². The molecule has 2 rings (SSSR count). The topological polar surface area (TPSA) is 71.1 Å². The fourth-order valence-electron chi connectivity index (χ4n) is 1.61. The summed E-state index contributed by atoms with van der Waals surface area (Å²) in [5, 5.41) is 2.79. The Kier molecular flexibility index (Phi) is 3.89. The maximum absolute atomic E-state index is 13.6. The predicted octanol–water partition coefficient (Wildman–Crippen LogP) is 2.37. The summed E-state index contributed by atoms with van der Waals surface area (Å²) >= 11 is 0. The van der Waals surface area contributed by atoms with Gasteiger partial charge in [0, 0.05) is 13.2 Å². The summed E-state index contributed by atoms with van der Waals surface area (Å²) in [6, 6.07) is 7.14. The second-order valence-corrected chi connectivity index (χ2v) is 5.90. The van der Waals surface area contributed by atoms with Gasteiger partial charge in [-0.2, -0.15) is 0 Å². The van der Waals surface area contributed by atoms with E-state index in [1.54, 1.807) is 20.0 Å². The van der Waals surface area contributed by atoms with E-state index in [-0.39, 0.29) is 10.6 Å². The van der Waals surface area contributed by atoms with Gasteiger partial charge in [-0.15, -0.1) is 0 Å². The van der Waals surface area contributed by atoms with E-state index in [9.17, 15) is 12.8 Å². The van der Waals surface area contributed by atoms with E-state index in [1.807, 2.05) is 0 Å². The maximum Gasteiger partial charge on any atom is 0.263 e. The number of rotatable bonds is 4. The number of halogens is 1. The van der Waals surface area contributed by atoms with Crippen LogP contribution in [0.3, 0.4) is 0 Å². The molecular formula is C13H14FN3O2S. The van der Waals surface area contributed by atoms with E-state index in [1.165, 1.54) is 30.5 Å². The molecule has 1 aromatic heterocycles. The lowest BCUT2D eigenvalue weighted by atomic mass is 10.2. The molecule has 0 unspecified atom stereocenters. The molecule has 0 aliphatic heterocycles. The van der Waals surface area contributed by atoms with Crippen molar-refractivity contribution in [1.29, 1.82) is 0 Å². The molecule has 7 heteroatoms. The molecule has 0 atom stereocenters. The van der Waals surface area contributed by atoms with Crippen LogP contribution in [0.15, 0.2) is 41.4 Å². The molecule has 0 saturated carbocycles. The van der Waals surface area contributed by atoms with Gasteiger partial charge in [-0.05, 0) is 36.8 Å². The molecule has 0 saturated heterocycles. The molecule has 2 N–H and O–H groups in total. The van der Waals surface area contributed by atoms with Crippen LogP contribution in [-0.2, 0) is 10.0 Å². The van der Waals surface area contributed by atoms with Crippen LogP contribution in [0.25, 0.3) is 0 Å². The van der Waals surface area contributed by atoms with E-state index in [2.05, 4.69) is 15.0 Å². The van der Waals surface area contributed by atoms with Crippen molar-refractivity contribution >= 4 is 21.5 Å². The van der Waals surface area contributed by atoms with E-state index >= 15 is 0 Å². The Labute approximate surface area is 116 Å². The van der Waals surface area contributed by atoms with Crippen LogP contribution >= 0.6 is 0 Å². The summed E-state index contributed by atoms with van der Waals surface area (Å²) in [7, 11) is -2.18. The molecule has 106 valence electrons. The highest BCUT2D eigenvalue weighted by molar-refractivity contribution is 7.92. The number of nitrogens with one attached hydrogen (secondary N) is 2. The molecule has 20 heavy (non-hydrogen) atoms. The van der Waals surface area contributed by atoms with Crippen LogP contribution in [0, 0.1) is 12.7 Å². The molecule has 0 spiro atoms. The number of hydrogen-bond acceptors (Lipinski definition) is 4. The third-order valence-electron chi connectivity index (χ3n) is 2.67. The fourth-order valence-corrected chi connectivity index (χ4v) is 2.61. The zero-order valence-corrected chi connectivity index (χ0v) is 11.8. The molecule has 1 heterocycles. The van der Waals surface area contributed by atoms with Crippen molar-refractivity contribution in [3.8, 4) is 0 Å². The largest absolute Gasteiger partial charge is 0.373 e. The molecule has 1 aromatic carbocycles. The molecule has 0 aliphatic rings. The molecule has 2 aromatic rings. The molecule has 0 radical (unpaired) electrons. The minimum atomic E-state index is -3.86. The molecule has 0 amide bonds. The van der Waals surface area contributed by atoms with Gasteiger partial charge in [0.15, 0.2) is 0 Å². The third kappa shape index (κ3) is 3.05. The number of aryl methyl sites for hydroxylation is 1. The number of benzene rings is 1. The lowest BCUT2D eigenvalue weighted by Gasteiger charge is -2.09. The summed E-state index contributed by atoms with van der Waals surface area (Å²) in [6.07, 6.45) is 1.21. The molecular weight excluding hydrogens is 281 g/mol. The SMILES string of the molecule is CNc1ccc(S(=O)(=O)Nc2cc(C)ccc2F)cn1. The first-order valence-corrected chi connectivity index (χ1v) is 7.33. The van der Waals surface area contributed by atoms with E-state index in [4.69, 9.17) is 0 Å². The van der Waals surface area contributed by atoms with Crippen LogP contribution in [0.2, 0.25) is 0 Å². The van der Waals surface area contributed by atoms with Crippen molar-refractivity contribution in [2.24, 2.45) is 0 Å². The van der Waals surface area contributed by atoms with Gasteiger partial charge < -0.3 is 5.32 Å². The Hall–Kier alpha value is -2.15.